The Morgan fingerprint density at radius 2 is 1.92 bits per heavy atom. The van der Waals surface area contributed by atoms with Crippen LogP contribution in [0.3, 0.4) is 0 Å². The zero-order chi connectivity index (χ0) is 8.43. The Balaban J connectivity index is 0.00000121. The average molecular weight is 251 g/mol. The van der Waals surface area contributed by atoms with E-state index in [-0.39, 0.29) is 12.4 Å². The van der Waals surface area contributed by atoms with Gasteiger partial charge in [0.05, 0.1) is 0 Å². The fourth-order valence-electron chi connectivity index (χ4n) is 1.08. The summed E-state index contributed by atoms with van der Waals surface area (Å²) in [6.45, 7) is 4.78. The second-order valence-electron chi connectivity index (χ2n) is 2.68. The summed E-state index contributed by atoms with van der Waals surface area (Å²) in [5.41, 5.74) is 9.28. The minimum atomic E-state index is 0. The molecule has 0 spiro atoms. The third-order valence-electron chi connectivity index (χ3n) is 1.91. The maximum Gasteiger partial charge on any atom is 0.0236 e. The highest BCUT2D eigenvalue weighted by Gasteiger charge is 2.02. The van der Waals surface area contributed by atoms with Gasteiger partial charge in [0.2, 0.25) is 0 Å². The van der Waals surface area contributed by atoms with E-state index in [0.29, 0.717) is 6.54 Å². The lowest BCUT2D eigenvalue weighted by Crippen LogP contribution is -1.99. The Kier molecular flexibility index (Phi) is 4.83. The lowest BCUT2D eigenvalue weighted by Gasteiger charge is -2.07. The summed E-state index contributed by atoms with van der Waals surface area (Å²) >= 11 is 3.52. The summed E-state index contributed by atoms with van der Waals surface area (Å²) in [6, 6.07) is 4.16. The molecule has 0 radical (unpaired) electrons. The fourth-order valence-corrected chi connectivity index (χ4v) is 1.47. The molecule has 12 heavy (non-hydrogen) atoms. The number of rotatable bonds is 1. The number of benzene rings is 1. The quantitative estimate of drug-likeness (QED) is 0.815. The highest BCUT2D eigenvalue weighted by atomic mass is 79.9. The molecule has 0 heterocycles. The normalized spacial score (nSPS) is 9.33. The molecule has 0 aliphatic rings. The van der Waals surface area contributed by atoms with E-state index in [4.69, 9.17) is 5.73 Å². The van der Waals surface area contributed by atoms with Crippen molar-refractivity contribution in [2.24, 2.45) is 5.73 Å². The SMILES string of the molecule is Cc1ccc(CN)c(C)c1Br.Cl. The Morgan fingerprint density at radius 3 is 2.42 bits per heavy atom. The van der Waals surface area contributed by atoms with E-state index in [2.05, 4.69) is 41.9 Å². The van der Waals surface area contributed by atoms with E-state index in [1.165, 1.54) is 21.2 Å². The Labute approximate surface area is 87.9 Å². The summed E-state index contributed by atoms with van der Waals surface area (Å²) < 4.78 is 1.18. The number of aryl methyl sites for hydroxylation is 1. The van der Waals surface area contributed by atoms with Gasteiger partial charge in [-0.2, -0.15) is 0 Å². The third-order valence-corrected chi connectivity index (χ3v) is 3.13. The van der Waals surface area contributed by atoms with Crippen LogP contribution in [-0.2, 0) is 6.54 Å². The summed E-state index contributed by atoms with van der Waals surface area (Å²) in [5.74, 6) is 0. The largest absolute Gasteiger partial charge is 0.326 e. The second kappa shape index (κ2) is 4.85. The number of hydrogen-bond acceptors (Lipinski definition) is 1. The molecular formula is C9H13BrClN. The molecule has 0 atom stereocenters. The first kappa shape index (κ1) is 11.9. The second-order valence-corrected chi connectivity index (χ2v) is 3.48. The Bertz CT molecular complexity index is 273. The molecule has 1 rings (SSSR count). The molecule has 0 amide bonds. The van der Waals surface area contributed by atoms with Gasteiger partial charge in [-0.1, -0.05) is 28.1 Å². The molecule has 3 heteroatoms. The summed E-state index contributed by atoms with van der Waals surface area (Å²) in [5, 5.41) is 0. The van der Waals surface area contributed by atoms with E-state index in [1.54, 1.807) is 0 Å². The number of halogens is 2. The molecule has 0 saturated carbocycles. The zero-order valence-corrected chi connectivity index (χ0v) is 9.63. The van der Waals surface area contributed by atoms with Crippen LogP contribution in [0.5, 0.6) is 0 Å². The first-order chi connectivity index (χ1) is 5.16. The van der Waals surface area contributed by atoms with Crippen LogP contribution in [0, 0.1) is 13.8 Å². The van der Waals surface area contributed by atoms with Crippen LogP contribution in [0.4, 0.5) is 0 Å². The molecule has 68 valence electrons. The first-order valence-electron chi connectivity index (χ1n) is 3.61. The van der Waals surface area contributed by atoms with Crippen molar-refractivity contribution in [3.8, 4) is 0 Å². The zero-order valence-electron chi connectivity index (χ0n) is 7.23. The van der Waals surface area contributed by atoms with Crippen molar-refractivity contribution in [1.82, 2.24) is 0 Å². The van der Waals surface area contributed by atoms with Gasteiger partial charge < -0.3 is 5.73 Å². The van der Waals surface area contributed by atoms with Gasteiger partial charge in [0, 0.05) is 11.0 Å². The number of hydrogen-bond donors (Lipinski definition) is 1. The minimum Gasteiger partial charge on any atom is -0.326 e. The van der Waals surface area contributed by atoms with Crippen molar-refractivity contribution in [2.45, 2.75) is 20.4 Å². The van der Waals surface area contributed by atoms with Gasteiger partial charge in [-0.05, 0) is 30.5 Å². The molecule has 0 aliphatic heterocycles. The van der Waals surface area contributed by atoms with Gasteiger partial charge >= 0.3 is 0 Å². The molecule has 1 nitrogen and oxygen atoms in total. The van der Waals surface area contributed by atoms with Crippen molar-refractivity contribution in [3.05, 3.63) is 33.3 Å². The van der Waals surface area contributed by atoms with E-state index in [0.717, 1.165) is 0 Å². The van der Waals surface area contributed by atoms with Crippen LogP contribution in [-0.4, -0.2) is 0 Å². The molecular weight excluding hydrogens is 237 g/mol. The summed E-state index contributed by atoms with van der Waals surface area (Å²) in [4.78, 5) is 0. The van der Waals surface area contributed by atoms with Crippen LogP contribution in [0.25, 0.3) is 0 Å². The standard InChI is InChI=1S/C9H12BrN.ClH/c1-6-3-4-8(5-11)7(2)9(6)10;/h3-4H,5,11H2,1-2H3;1H. The molecule has 0 aliphatic carbocycles. The molecule has 1 aromatic carbocycles. The Morgan fingerprint density at radius 1 is 1.33 bits per heavy atom. The summed E-state index contributed by atoms with van der Waals surface area (Å²) in [7, 11) is 0. The van der Waals surface area contributed by atoms with E-state index in [1.807, 2.05) is 0 Å². The van der Waals surface area contributed by atoms with Gasteiger partial charge in [0.15, 0.2) is 0 Å². The highest BCUT2D eigenvalue weighted by molar-refractivity contribution is 9.10. The van der Waals surface area contributed by atoms with Gasteiger partial charge in [0.1, 0.15) is 0 Å². The lowest BCUT2D eigenvalue weighted by atomic mass is 10.1. The van der Waals surface area contributed by atoms with Gasteiger partial charge in [-0.3, -0.25) is 0 Å². The van der Waals surface area contributed by atoms with Crippen LogP contribution in [0.2, 0.25) is 0 Å². The van der Waals surface area contributed by atoms with E-state index < -0.39 is 0 Å². The molecule has 0 bridgehead atoms. The molecule has 0 aromatic heterocycles. The molecule has 0 saturated heterocycles. The van der Waals surface area contributed by atoms with E-state index >= 15 is 0 Å². The van der Waals surface area contributed by atoms with Crippen LogP contribution < -0.4 is 5.73 Å². The predicted octanol–water partition coefficient (Wildman–Crippen LogP) is 2.95. The molecule has 2 N–H and O–H groups in total. The smallest absolute Gasteiger partial charge is 0.0236 e. The Hall–Kier alpha value is -0.0500. The van der Waals surface area contributed by atoms with Gasteiger partial charge in [-0.25, -0.2) is 0 Å². The third kappa shape index (κ3) is 2.22. The van der Waals surface area contributed by atoms with E-state index in [9.17, 15) is 0 Å². The number of nitrogens with two attached hydrogens (primary N) is 1. The highest BCUT2D eigenvalue weighted by Crippen LogP contribution is 2.23. The predicted molar refractivity (Wildman–Crippen MR) is 58.8 cm³/mol. The first-order valence-corrected chi connectivity index (χ1v) is 4.40. The van der Waals surface area contributed by atoms with Crippen molar-refractivity contribution in [3.63, 3.8) is 0 Å². The maximum atomic E-state index is 5.55. The summed E-state index contributed by atoms with van der Waals surface area (Å²) in [6.07, 6.45) is 0. The van der Waals surface area contributed by atoms with Crippen molar-refractivity contribution >= 4 is 28.3 Å². The fraction of sp³-hybridized carbons (Fsp3) is 0.333. The maximum absolute atomic E-state index is 5.55. The minimum absolute atomic E-state index is 0. The van der Waals surface area contributed by atoms with Gasteiger partial charge in [0.25, 0.3) is 0 Å². The average Bonchev–Trinajstić information content (AvgIpc) is 2.01. The van der Waals surface area contributed by atoms with Crippen LogP contribution in [0.15, 0.2) is 16.6 Å². The van der Waals surface area contributed by atoms with Crippen molar-refractivity contribution in [1.29, 1.82) is 0 Å². The monoisotopic (exact) mass is 249 g/mol. The lowest BCUT2D eigenvalue weighted by molar-refractivity contribution is 1.04. The van der Waals surface area contributed by atoms with Gasteiger partial charge in [-0.15, -0.1) is 12.4 Å². The molecule has 0 fully saturated rings. The topological polar surface area (TPSA) is 26.0 Å². The molecule has 1 aromatic rings. The van der Waals surface area contributed by atoms with Crippen LogP contribution in [0.1, 0.15) is 16.7 Å². The van der Waals surface area contributed by atoms with Crippen LogP contribution >= 0.6 is 28.3 Å². The van der Waals surface area contributed by atoms with Crippen molar-refractivity contribution in [2.75, 3.05) is 0 Å². The van der Waals surface area contributed by atoms with Crippen molar-refractivity contribution < 1.29 is 0 Å². The molecule has 0 unspecified atom stereocenters.